The molecule has 0 saturated carbocycles. The quantitative estimate of drug-likeness (QED) is 0.736. The van der Waals surface area contributed by atoms with E-state index in [1.54, 1.807) is 24.3 Å². The largest absolute Gasteiger partial charge is 0.457 e. The Morgan fingerprint density at radius 3 is 2.27 bits per heavy atom. The number of carbonyl (C=O) groups excluding carboxylic acids is 1. The summed E-state index contributed by atoms with van der Waals surface area (Å²) in [6.45, 7) is 0. The highest BCUT2D eigenvalue weighted by Gasteiger charge is 2.04. The molecular formula is C21H17N3O2. The van der Waals surface area contributed by atoms with Crippen LogP contribution < -0.4 is 10.5 Å². The first kappa shape index (κ1) is 17.2. The lowest BCUT2D eigenvalue weighted by atomic mass is 10.1. The van der Waals surface area contributed by atoms with Crippen LogP contribution in [0.4, 0.5) is 0 Å². The number of benzene rings is 2. The maximum Gasteiger partial charge on any atom is 0.217 e. The molecule has 0 aliphatic heterocycles. The van der Waals surface area contributed by atoms with Crippen molar-refractivity contribution in [1.29, 1.82) is 5.26 Å². The maximum atomic E-state index is 10.9. The smallest absolute Gasteiger partial charge is 0.217 e. The third-order valence-electron chi connectivity index (χ3n) is 3.80. The molecule has 2 aromatic carbocycles. The number of nitriles is 1. The van der Waals surface area contributed by atoms with Gasteiger partial charge in [0.05, 0.1) is 17.3 Å². The molecule has 1 aromatic heterocycles. The summed E-state index contributed by atoms with van der Waals surface area (Å²) in [4.78, 5) is 15.5. The number of carbonyl (C=O) groups is 1. The summed E-state index contributed by atoms with van der Waals surface area (Å²) < 4.78 is 5.78. The van der Waals surface area contributed by atoms with E-state index in [2.05, 4.69) is 11.1 Å². The average molecular weight is 343 g/mol. The van der Waals surface area contributed by atoms with Crippen LogP contribution in [0, 0.1) is 11.3 Å². The van der Waals surface area contributed by atoms with Crippen LogP contribution in [0.5, 0.6) is 11.5 Å². The number of hydrogen-bond acceptors (Lipinski definition) is 4. The number of rotatable bonds is 6. The molecular weight excluding hydrogens is 326 g/mol. The van der Waals surface area contributed by atoms with Gasteiger partial charge in [-0.1, -0.05) is 6.07 Å². The number of primary amides is 1. The molecule has 0 radical (unpaired) electrons. The van der Waals surface area contributed by atoms with E-state index in [9.17, 15) is 4.79 Å². The third-order valence-corrected chi connectivity index (χ3v) is 3.80. The van der Waals surface area contributed by atoms with E-state index in [4.69, 9.17) is 15.7 Å². The Hall–Kier alpha value is -3.65. The fourth-order valence-electron chi connectivity index (χ4n) is 2.46. The maximum absolute atomic E-state index is 10.9. The Bertz CT molecular complexity index is 942. The summed E-state index contributed by atoms with van der Waals surface area (Å²) in [5.74, 6) is 1.04. The number of aryl methyl sites for hydroxylation is 1. The zero-order chi connectivity index (χ0) is 18.4. The van der Waals surface area contributed by atoms with Crippen molar-refractivity contribution in [2.75, 3.05) is 0 Å². The monoisotopic (exact) mass is 343 g/mol. The van der Waals surface area contributed by atoms with Crippen LogP contribution in [0.15, 0.2) is 66.7 Å². The van der Waals surface area contributed by atoms with E-state index >= 15 is 0 Å². The highest BCUT2D eigenvalue weighted by atomic mass is 16.5. The lowest BCUT2D eigenvalue weighted by Crippen LogP contribution is -2.11. The van der Waals surface area contributed by atoms with Crippen LogP contribution in [0.3, 0.4) is 0 Å². The van der Waals surface area contributed by atoms with Crippen LogP contribution in [-0.4, -0.2) is 10.9 Å². The summed E-state index contributed by atoms with van der Waals surface area (Å²) in [5.41, 5.74) is 8.40. The van der Waals surface area contributed by atoms with E-state index in [0.29, 0.717) is 23.5 Å². The van der Waals surface area contributed by atoms with E-state index in [1.807, 2.05) is 42.5 Å². The number of hydrogen-bond donors (Lipinski definition) is 1. The minimum absolute atomic E-state index is 0.286. The van der Waals surface area contributed by atoms with Crippen LogP contribution >= 0.6 is 0 Å². The molecule has 5 heteroatoms. The predicted octanol–water partition coefficient (Wildman–Crippen LogP) is 3.83. The van der Waals surface area contributed by atoms with Gasteiger partial charge in [0, 0.05) is 17.7 Å². The minimum Gasteiger partial charge on any atom is -0.457 e. The molecule has 0 unspecified atom stereocenters. The molecule has 26 heavy (non-hydrogen) atoms. The summed E-state index contributed by atoms with van der Waals surface area (Å²) in [5, 5.41) is 8.82. The molecule has 0 saturated heterocycles. The summed E-state index contributed by atoms with van der Waals surface area (Å²) in [7, 11) is 0. The molecule has 3 aromatic rings. The van der Waals surface area contributed by atoms with Crippen molar-refractivity contribution >= 4 is 5.91 Å². The zero-order valence-electron chi connectivity index (χ0n) is 14.1. The lowest BCUT2D eigenvalue weighted by Gasteiger charge is -2.08. The van der Waals surface area contributed by atoms with Gasteiger partial charge in [-0.25, -0.2) is 0 Å². The Kier molecular flexibility index (Phi) is 5.25. The lowest BCUT2D eigenvalue weighted by molar-refractivity contribution is -0.118. The van der Waals surface area contributed by atoms with Crippen LogP contribution in [0.25, 0.3) is 11.3 Å². The van der Waals surface area contributed by atoms with Gasteiger partial charge < -0.3 is 10.5 Å². The standard InChI is InChI=1S/C21H17N3O2/c22-14-15-4-9-18(10-5-15)26-19-11-6-16(7-12-19)20-3-1-2-17(24-20)8-13-21(23)25/h1-7,9-12H,8,13H2,(H2,23,25). The highest BCUT2D eigenvalue weighted by molar-refractivity contribution is 5.74. The normalized spacial score (nSPS) is 10.1. The van der Waals surface area contributed by atoms with Gasteiger partial charge in [0.25, 0.3) is 0 Å². The Balaban J connectivity index is 1.71. The second-order valence-corrected chi connectivity index (χ2v) is 5.74. The van der Waals surface area contributed by atoms with Crippen molar-refractivity contribution < 1.29 is 9.53 Å². The molecule has 0 atom stereocenters. The van der Waals surface area contributed by atoms with Crippen molar-refractivity contribution in [1.82, 2.24) is 4.98 Å². The summed E-state index contributed by atoms with van der Waals surface area (Å²) in [6.07, 6.45) is 0.816. The Morgan fingerprint density at radius 1 is 1.00 bits per heavy atom. The molecule has 3 rings (SSSR count). The summed E-state index contributed by atoms with van der Waals surface area (Å²) >= 11 is 0. The fraction of sp³-hybridized carbons (Fsp3) is 0.0952. The minimum atomic E-state index is -0.332. The van der Waals surface area contributed by atoms with Crippen molar-refractivity contribution in [3.8, 4) is 28.8 Å². The Labute approximate surface area is 151 Å². The van der Waals surface area contributed by atoms with Gasteiger partial charge in [-0.3, -0.25) is 9.78 Å². The number of ether oxygens (including phenoxy) is 1. The third kappa shape index (κ3) is 4.46. The van der Waals surface area contributed by atoms with Crippen LogP contribution in [0.2, 0.25) is 0 Å². The van der Waals surface area contributed by atoms with Gasteiger partial charge >= 0.3 is 0 Å². The first-order valence-electron chi connectivity index (χ1n) is 8.17. The summed E-state index contributed by atoms with van der Waals surface area (Å²) in [6, 6.07) is 22.3. The molecule has 0 bridgehead atoms. The van der Waals surface area contributed by atoms with E-state index in [-0.39, 0.29) is 12.3 Å². The molecule has 0 aliphatic rings. The zero-order valence-corrected chi connectivity index (χ0v) is 14.1. The molecule has 1 amide bonds. The van der Waals surface area contributed by atoms with E-state index in [0.717, 1.165) is 17.0 Å². The van der Waals surface area contributed by atoms with E-state index in [1.165, 1.54) is 0 Å². The van der Waals surface area contributed by atoms with Crippen LogP contribution in [-0.2, 0) is 11.2 Å². The SMILES string of the molecule is N#Cc1ccc(Oc2ccc(-c3cccc(CCC(N)=O)n3)cc2)cc1. The van der Waals surface area contributed by atoms with Gasteiger partial charge in [-0.05, 0) is 67.1 Å². The van der Waals surface area contributed by atoms with Crippen LogP contribution in [0.1, 0.15) is 17.7 Å². The predicted molar refractivity (Wildman–Crippen MR) is 98.4 cm³/mol. The fourth-order valence-corrected chi connectivity index (χ4v) is 2.46. The molecule has 5 nitrogen and oxygen atoms in total. The van der Waals surface area contributed by atoms with Gasteiger partial charge in [-0.15, -0.1) is 0 Å². The van der Waals surface area contributed by atoms with Crippen molar-refractivity contribution in [3.05, 3.63) is 78.0 Å². The molecule has 1 heterocycles. The molecule has 128 valence electrons. The van der Waals surface area contributed by atoms with Gasteiger partial charge in [0.15, 0.2) is 0 Å². The van der Waals surface area contributed by atoms with Gasteiger partial charge in [-0.2, -0.15) is 5.26 Å². The van der Waals surface area contributed by atoms with Gasteiger partial charge in [0.1, 0.15) is 11.5 Å². The second kappa shape index (κ2) is 7.95. The van der Waals surface area contributed by atoms with Crippen molar-refractivity contribution in [3.63, 3.8) is 0 Å². The first-order chi connectivity index (χ1) is 12.6. The van der Waals surface area contributed by atoms with Crippen molar-refractivity contribution in [2.24, 2.45) is 5.73 Å². The first-order valence-corrected chi connectivity index (χ1v) is 8.17. The van der Waals surface area contributed by atoms with E-state index < -0.39 is 0 Å². The number of pyridine rings is 1. The molecule has 0 fully saturated rings. The van der Waals surface area contributed by atoms with Crippen molar-refractivity contribution in [2.45, 2.75) is 12.8 Å². The number of nitrogens with two attached hydrogens (primary N) is 1. The number of aromatic nitrogens is 1. The molecule has 2 N–H and O–H groups in total. The number of amides is 1. The van der Waals surface area contributed by atoms with Gasteiger partial charge in [0.2, 0.25) is 5.91 Å². The molecule has 0 aliphatic carbocycles. The molecule has 0 spiro atoms. The Morgan fingerprint density at radius 2 is 1.65 bits per heavy atom. The highest BCUT2D eigenvalue weighted by Crippen LogP contribution is 2.25. The number of nitrogens with zero attached hydrogens (tertiary/aromatic N) is 2. The second-order valence-electron chi connectivity index (χ2n) is 5.74. The average Bonchev–Trinajstić information content (AvgIpc) is 2.68. The topological polar surface area (TPSA) is 89.0 Å².